The maximum absolute atomic E-state index is 14.8. The highest BCUT2D eigenvalue weighted by Crippen LogP contribution is 2.30. The molecule has 4 aromatic carbocycles. The summed E-state index contributed by atoms with van der Waals surface area (Å²) in [4.78, 5) is 30.6. The van der Waals surface area contributed by atoms with Gasteiger partial charge in [0.25, 0.3) is 10.0 Å². The average Bonchev–Trinajstić information content (AvgIpc) is 3.08. The molecule has 0 aromatic heterocycles. The lowest BCUT2D eigenvalue weighted by Gasteiger charge is -2.35. The molecule has 48 heavy (non-hydrogen) atoms. The van der Waals surface area contributed by atoms with Crippen LogP contribution in [0.15, 0.2) is 106 Å². The maximum atomic E-state index is 14.8. The van der Waals surface area contributed by atoms with E-state index in [0.29, 0.717) is 16.3 Å². The monoisotopic (exact) mass is 749 g/mol. The van der Waals surface area contributed by atoms with Crippen LogP contribution in [-0.4, -0.2) is 43.8 Å². The summed E-state index contributed by atoms with van der Waals surface area (Å²) in [5, 5.41) is 3.58. The number of aryl methyl sites for hydroxylation is 2. The molecule has 1 aliphatic rings. The average molecular weight is 751 g/mol. The van der Waals surface area contributed by atoms with Crippen LogP contribution in [0.3, 0.4) is 0 Å². The standard InChI is InChI=1S/C38H41BrClN3O4S/c1-27-13-21-34(22-14-27)48(46,47)43(35-24-32(40)20-15-28(35)2)26-37(44)42(25-30-16-18-31(39)19-17-30)36(23-29-9-5-3-6-10-29)38(45)41-33-11-7-4-8-12-33/h3,5-6,9-10,13-22,24,33,36H,4,7-8,11-12,23,25-26H2,1-2H3,(H,41,45). The van der Waals surface area contributed by atoms with Crippen LogP contribution in [0.5, 0.6) is 0 Å². The third kappa shape index (κ3) is 9.07. The van der Waals surface area contributed by atoms with Crippen molar-refractivity contribution in [2.24, 2.45) is 0 Å². The van der Waals surface area contributed by atoms with E-state index in [1.807, 2.05) is 61.5 Å². The molecule has 5 rings (SSSR count). The molecule has 0 saturated heterocycles. The van der Waals surface area contributed by atoms with E-state index in [4.69, 9.17) is 11.6 Å². The summed E-state index contributed by atoms with van der Waals surface area (Å²) < 4.78 is 30.7. The van der Waals surface area contributed by atoms with Crippen molar-refractivity contribution in [1.82, 2.24) is 10.2 Å². The number of benzene rings is 4. The third-order valence-electron chi connectivity index (χ3n) is 8.82. The zero-order chi connectivity index (χ0) is 34.3. The minimum Gasteiger partial charge on any atom is -0.352 e. The van der Waals surface area contributed by atoms with Crippen LogP contribution in [0.4, 0.5) is 5.69 Å². The van der Waals surface area contributed by atoms with Crippen LogP contribution >= 0.6 is 27.5 Å². The minimum atomic E-state index is -4.22. The van der Waals surface area contributed by atoms with Gasteiger partial charge in [0.05, 0.1) is 10.6 Å². The number of rotatable bonds is 12. The number of nitrogens with one attached hydrogen (secondary N) is 1. The van der Waals surface area contributed by atoms with Gasteiger partial charge >= 0.3 is 0 Å². The number of nitrogens with zero attached hydrogens (tertiary/aromatic N) is 2. The highest BCUT2D eigenvalue weighted by atomic mass is 79.9. The fourth-order valence-electron chi connectivity index (χ4n) is 6.09. The molecule has 0 heterocycles. The second kappa shape index (κ2) is 16.2. The van der Waals surface area contributed by atoms with Crippen molar-refractivity contribution in [3.8, 4) is 0 Å². The van der Waals surface area contributed by atoms with E-state index in [1.165, 1.54) is 17.0 Å². The highest BCUT2D eigenvalue weighted by molar-refractivity contribution is 9.10. The lowest BCUT2D eigenvalue weighted by Crippen LogP contribution is -2.55. The second-order valence-electron chi connectivity index (χ2n) is 12.5. The molecule has 1 fully saturated rings. The summed E-state index contributed by atoms with van der Waals surface area (Å²) in [6.07, 6.45) is 5.27. The van der Waals surface area contributed by atoms with Crippen molar-refractivity contribution in [3.63, 3.8) is 0 Å². The zero-order valence-corrected chi connectivity index (χ0v) is 30.4. The lowest BCUT2D eigenvalue weighted by atomic mass is 9.94. The van der Waals surface area contributed by atoms with Crippen molar-refractivity contribution < 1.29 is 18.0 Å². The summed E-state index contributed by atoms with van der Waals surface area (Å²) in [6, 6.07) is 27.8. The summed E-state index contributed by atoms with van der Waals surface area (Å²) in [5.41, 5.74) is 3.54. The first-order chi connectivity index (χ1) is 23.0. The van der Waals surface area contributed by atoms with E-state index >= 15 is 0 Å². The molecule has 7 nitrogen and oxygen atoms in total. The second-order valence-corrected chi connectivity index (χ2v) is 15.7. The first kappa shape index (κ1) is 35.6. The summed E-state index contributed by atoms with van der Waals surface area (Å²) >= 11 is 9.88. The van der Waals surface area contributed by atoms with Crippen molar-refractivity contribution in [1.29, 1.82) is 0 Å². The van der Waals surface area contributed by atoms with Crippen molar-refractivity contribution >= 4 is 55.1 Å². The predicted molar refractivity (Wildman–Crippen MR) is 196 cm³/mol. The Morgan fingerprint density at radius 1 is 0.875 bits per heavy atom. The van der Waals surface area contributed by atoms with E-state index in [2.05, 4.69) is 21.2 Å². The normalized spacial score (nSPS) is 14.2. The highest BCUT2D eigenvalue weighted by Gasteiger charge is 2.36. The van der Waals surface area contributed by atoms with Gasteiger partial charge in [0.2, 0.25) is 11.8 Å². The molecule has 4 aromatic rings. The van der Waals surface area contributed by atoms with E-state index in [-0.39, 0.29) is 29.8 Å². The molecule has 10 heteroatoms. The Balaban J connectivity index is 1.58. The molecular weight excluding hydrogens is 710 g/mol. The van der Waals surface area contributed by atoms with Crippen LogP contribution in [-0.2, 0) is 32.6 Å². The van der Waals surface area contributed by atoms with Crippen LogP contribution in [0, 0.1) is 13.8 Å². The van der Waals surface area contributed by atoms with Gasteiger partial charge in [-0.2, -0.15) is 0 Å². The minimum absolute atomic E-state index is 0.0293. The van der Waals surface area contributed by atoms with Gasteiger partial charge in [-0.1, -0.05) is 113 Å². The van der Waals surface area contributed by atoms with Crippen LogP contribution < -0.4 is 9.62 Å². The number of hydrogen-bond donors (Lipinski definition) is 1. The number of halogens is 2. The summed E-state index contributed by atoms with van der Waals surface area (Å²) in [5.74, 6) is -0.754. The van der Waals surface area contributed by atoms with Crippen LogP contribution in [0.2, 0.25) is 5.02 Å². The molecule has 252 valence electrons. The van der Waals surface area contributed by atoms with Gasteiger partial charge in [0.15, 0.2) is 0 Å². The Morgan fingerprint density at radius 2 is 1.54 bits per heavy atom. The topological polar surface area (TPSA) is 86.8 Å². The maximum Gasteiger partial charge on any atom is 0.264 e. The van der Waals surface area contributed by atoms with Gasteiger partial charge in [-0.3, -0.25) is 13.9 Å². The SMILES string of the molecule is Cc1ccc(S(=O)(=O)N(CC(=O)N(Cc2ccc(Br)cc2)C(Cc2ccccc2)C(=O)NC2CCCCC2)c2cc(Cl)ccc2C)cc1. The molecular formula is C38H41BrClN3O4S. The predicted octanol–water partition coefficient (Wildman–Crippen LogP) is 8.00. The largest absolute Gasteiger partial charge is 0.352 e. The number of sulfonamides is 1. The molecule has 0 radical (unpaired) electrons. The van der Waals surface area contributed by atoms with Gasteiger partial charge < -0.3 is 10.2 Å². The molecule has 1 N–H and O–H groups in total. The molecule has 2 amide bonds. The van der Waals surface area contributed by atoms with Crippen LogP contribution in [0.1, 0.15) is 54.4 Å². The fourth-order valence-corrected chi connectivity index (χ4v) is 7.99. The number of carbonyl (C=O) groups is 2. The summed E-state index contributed by atoms with van der Waals surface area (Å²) in [6.45, 7) is 3.23. The van der Waals surface area contributed by atoms with Gasteiger partial charge in [0, 0.05) is 28.5 Å². The van der Waals surface area contributed by atoms with E-state index in [0.717, 1.165) is 57.6 Å². The quantitative estimate of drug-likeness (QED) is 0.159. The first-order valence-corrected chi connectivity index (χ1v) is 18.9. The molecule has 1 atom stereocenters. The van der Waals surface area contributed by atoms with Gasteiger partial charge in [-0.05, 0) is 79.8 Å². The van der Waals surface area contributed by atoms with E-state index < -0.39 is 28.5 Å². The van der Waals surface area contributed by atoms with Crippen molar-refractivity contribution in [2.75, 3.05) is 10.8 Å². The number of carbonyl (C=O) groups excluding carboxylic acids is 2. The smallest absolute Gasteiger partial charge is 0.264 e. The van der Waals surface area contributed by atoms with Gasteiger partial charge in [-0.25, -0.2) is 8.42 Å². The third-order valence-corrected chi connectivity index (χ3v) is 11.4. The Hall–Kier alpha value is -3.66. The molecule has 1 aliphatic carbocycles. The Morgan fingerprint density at radius 3 is 2.21 bits per heavy atom. The Bertz CT molecular complexity index is 1810. The van der Waals surface area contributed by atoms with Gasteiger partial charge in [0.1, 0.15) is 12.6 Å². The Kier molecular flexibility index (Phi) is 12.0. The van der Waals surface area contributed by atoms with Crippen molar-refractivity contribution in [2.45, 2.75) is 75.9 Å². The molecule has 0 bridgehead atoms. The molecule has 1 unspecified atom stereocenters. The molecule has 0 spiro atoms. The van der Waals surface area contributed by atoms with Gasteiger partial charge in [-0.15, -0.1) is 0 Å². The fraction of sp³-hybridized carbons (Fsp3) is 0.316. The Labute approximate surface area is 297 Å². The van der Waals surface area contributed by atoms with E-state index in [1.54, 1.807) is 37.3 Å². The zero-order valence-electron chi connectivity index (χ0n) is 27.2. The first-order valence-electron chi connectivity index (χ1n) is 16.2. The number of anilines is 1. The number of amides is 2. The molecule has 1 saturated carbocycles. The van der Waals surface area contributed by atoms with E-state index in [9.17, 15) is 18.0 Å². The lowest BCUT2D eigenvalue weighted by molar-refractivity contribution is -0.140. The molecule has 0 aliphatic heterocycles. The summed E-state index contributed by atoms with van der Waals surface area (Å²) in [7, 11) is -4.22. The van der Waals surface area contributed by atoms with Crippen molar-refractivity contribution in [3.05, 3.63) is 129 Å². The van der Waals surface area contributed by atoms with Crippen LogP contribution in [0.25, 0.3) is 0 Å². The number of hydrogen-bond acceptors (Lipinski definition) is 4.